The summed E-state index contributed by atoms with van der Waals surface area (Å²) in [6.07, 6.45) is 2.10. The SMILES string of the molecule is CNC(CCC(C)(C)N)c1cc(Br)cs1. The molecule has 0 bridgehead atoms. The van der Waals surface area contributed by atoms with Crippen LogP contribution in [-0.4, -0.2) is 12.6 Å². The normalized spacial score (nSPS) is 14.2. The Morgan fingerprint density at radius 1 is 1.60 bits per heavy atom. The van der Waals surface area contributed by atoms with E-state index in [1.54, 1.807) is 11.3 Å². The number of thiophene rings is 1. The molecule has 0 saturated heterocycles. The molecule has 15 heavy (non-hydrogen) atoms. The van der Waals surface area contributed by atoms with Gasteiger partial charge in [0.25, 0.3) is 0 Å². The molecule has 4 heteroatoms. The van der Waals surface area contributed by atoms with E-state index in [1.165, 1.54) is 4.88 Å². The van der Waals surface area contributed by atoms with E-state index in [-0.39, 0.29) is 5.54 Å². The van der Waals surface area contributed by atoms with Crippen LogP contribution < -0.4 is 11.1 Å². The predicted octanol–water partition coefficient (Wildman–Crippen LogP) is 3.29. The Balaban J connectivity index is 2.57. The van der Waals surface area contributed by atoms with Gasteiger partial charge in [-0.25, -0.2) is 0 Å². The fourth-order valence-corrected chi connectivity index (χ4v) is 3.05. The van der Waals surface area contributed by atoms with Crippen molar-refractivity contribution in [3.63, 3.8) is 0 Å². The van der Waals surface area contributed by atoms with Gasteiger partial charge in [-0.15, -0.1) is 11.3 Å². The fourth-order valence-electron chi connectivity index (χ4n) is 1.46. The minimum Gasteiger partial charge on any atom is -0.326 e. The van der Waals surface area contributed by atoms with Crippen LogP contribution in [0.1, 0.15) is 37.6 Å². The third-order valence-corrected chi connectivity index (χ3v) is 4.16. The molecule has 0 aliphatic rings. The van der Waals surface area contributed by atoms with Crippen LogP contribution in [-0.2, 0) is 0 Å². The van der Waals surface area contributed by atoms with E-state index in [1.807, 2.05) is 7.05 Å². The summed E-state index contributed by atoms with van der Waals surface area (Å²) in [5.41, 5.74) is 5.91. The minimum absolute atomic E-state index is 0.0798. The molecule has 1 aromatic heterocycles. The van der Waals surface area contributed by atoms with Gasteiger partial charge in [0.05, 0.1) is 0 Å². The Morgan fingerprint density at radius 3 is 2.67 bits per heavy atom. The summed E-state index contributed by atoms with van der Waals surface area (Å²) in [4.78, 5) is 1.37. The molecule has 1 unspecified atom stereocenters. The Bertz CT molecular complexity index is 304. The van der Waals surface area contributed by atoms with Crippen molar-refractivity contribution in [2.75, 3.05) is 7.05 Å². The van der Waals surface area contributed by atoms with Crippen LogP contribution in [0, 0.1) is 0 Å². The largest absolute Gasteiger partial charge is 0.326 e. The van der Waals surface area contributed by atoms with Gasteiger partial charge in [0, 0.05) is 26.3 Å². The molecule has 1 atom stereocenters. The highest BCUT2D eigenvalue weighted by Gasteiger charge is 2.16. The molecule has 3 N–H and O–H groups in total. The van der Waals surface area contributed by atoms with E-state index in [0.717, 1.165) is 17.3 Å². The van der Waals surface area contributed by atoms with Crippen LogP contribution in [0.25, 0.3) is 0 Å². The lowest BCUT2D eigenvalue weighted by Gasteiger charge is -2.22. The summed E-state index contributed by atoms with van der Waals surface area (Å²) in [6.45, 7) is 4.15. The zero-order valence-electron chi connectivity index (χ0n) is 9.51. The van der Waals surface area contributed by atoms with E-state index < -0.39 is 0 Å². The van der Waals surface area contributed by atoms with Crippen LogP contribution in [0.4, 0.5) is 0 Å². The van der Waals surface area contributed by atoms with Crippen molar-refractivity contribution < 1.29 is 0 Å². The van der Waals surface area contributed by atoms with Crippen molar-refractivity contribution in [3.05, 3.63) is 20.8 Å². The highest BCUT2D eigenvalue weighted by molar-refractivity contribution is 9.10. The summed E-state index contributed by atoms with van der Waals surface area (Å²) in [7, 11) is 2.00. The van der Waals surface area contributed by atoms with Crippen LogP contribution in [0.15, 0.2) is 15.9 Å². The quantitative estimate of drug-likeness (QED) is 0.873. The number of rotatable bonds is 5. The number of nitrogens with two attached hydrogens (primary N) is 1. The maximum atomic E-state index is 5.99. The standard InChI is InChI=1S/C11H19BrN2S/c1-11(2,13)5-4-9(14-3)10-6-8(12)7-15-10/h6-7,9,14H,4-5,13H2,1-3H3. The van der Waals surface area contributed by atoms with Gasteiger partial charge in [-0.05, 0) is 55.7 Å². The third kappa shape index (κ3) is 4.64. The van der Waals surface area contributed by atoms with Gasteiger partial charge in [0.15, 0.2) is 0 Å². The average Bonchev–Trinajstić information content (AvgIpc) is 2.51. The van der Waals surface area contributed by atoms with Crippen LogP contribution in [0.3, 0.4) is 0 Å². The van der Waals surface area contributed by atoms with Crippen molar-refractivity contribution in [1.29, 1.82) is 0 Å². The van der Waals surface area contributed by atoms with Gasteiger partial charge >= 0.3 is 0 Å². The summed E-state index contributed by atoms with van der Waals surface area (Å²) in [5.74, 6) is 0. The first-order valence-electron chi connectivity index (χ1n) is 5.12. The summed E-state index contributed by atoms with van der Waals surface area (Å²) >= 11 is 5.26. The molecule has 0 aliphatic heterocycles. The summed E-state index contributed by atoms with van der Waals surface area (Å²) in [6, 6.07) is 2.60. The first-order chi connectivity index (χ1) is 6.92. The lowest BCUT2D eigenvalue weighted by atomic mass is 9.96. The van der Waals surface area contributed by atoms with E-state index >= 15 is 0 Å². The summed E-state index contributed by atoms with van der Waals surface area (Å²) < 4.78 is 1.16. The van der Waals surface area contributed by atoms with Gasteiger partial charge in [-0.2, -0.15) is 0 Å². The lowest BCUT2D eigenvalue weighted by Crippen LogP contribution is -2.33. The molecule has 0 aromatic carbocycles. The zero-order chi connectivity index (χ0) is 11.5. The topological polar surface area (TPSA) is 38.0 Å². The molecular weight excluding hydrogens is 272 g/mol. The molecule has 0 aliphatic carbocycles. The predicted molar refractivity (Wildman–Crippen MR) is 71.3 cm³/mol. The maximum Gasteiger partial charge on any atom is 0.0413 e. The van der Waals surface area contributed by atoms with Crippen molar-refractivity contribution in [3.8, 4) is 0 Å². The molecule has 0 amide bonds. The summed E-state index contributed by atoms with van der Waals surface area (Å²) in [5, 5.41) is 5.46. The smallest absolute Gasteiger partial charge is 0.0413 e. The molecule has 2 nitrogen and oxygen atoms in total. The molecule has 0 saturated carbocycles. The van der Waals surface area contributed by atoms with Gasteiger partial charge in [-0.3, -0.25) is 0 Å². The molecule has 0 fully saturated rings. The van der Waals surface area contributed by atoms with Gasteiger partial charge < -0.3 is 11.1 Å². The van der Waals surface area contributed by atoms with Crippen LogP contribution in [0.2, 0.25) is 0 Å². The van der Waals surface area contributed by atoms with Gasteiger partial charge in [0.2, 0.25) is 0 Å². The number of hydrogen-bond acceptors (Lipinski definition) is 3. The zero-order valence-corrected chi connectivity index (χ0v) is 11.9. The first kappa shape index (κ1) is 13.2. The van der Waals surface area contributed by atoms with Crippen molar-refractivity contribution in [2.45, 2.75) is 38.3 Å². The number of halogens is 1. The van der Waals surface area contributed by atoms with E-state index in [0.29, 0.717) is 6.04 Å². The fraction of sp³-hybridized carbons (Fsp3) is 0.636. The number of hydrogen-bond donors (Lipinski definition) is 2. The van der Waals surface area contributed by atoms with Crippen LogP contribution in [0.5, 0.6) is 0 Å². The van der Waals surface area contributed by atoms with Crippen molar-refractivity contribution in [2.24, 2.45) is 5.73 Å². The average molecular weight is 291 g/mol. The lowest BCUT2D eigenvalue weighted by molar-refractivity contribution is 0.413. The molecule has 86 valence electrons. The van der Waals surface area contributed by atoms with Gasteiger partial charge in [-0.1, -0.05) is 0 Å². The molecule has 1 heterocycles. The Hall–Kier alpha value is 0.1000. The Morgan fingerprint density at radius 2 is 2.27 bits per heavy atom. The number of nitrogens with one attached hydrogen (secondary N) is 1. The first-order valence-corrected chi connectivity index (χ1v) is 6.80. The van der Waals surface area contributed by atoms with Crippen LogP contribution >= 0.6 is 27.3 Å². The second-order valence-electron chi connectivity index (χ2n) is 4.54. The van der Waals surface area contributed by atoms with Gasteiger partial charge in [0.1, 0.15) is 0 Å². The third-order valence-electron chi connectivity index (χ3n) is 2.36. The molecular formula is C11H19BrN2S. The molecule has 0 radical (unpaired) electrons. The maximum absolute atomic E-state index is 5.99. The second-order valence-corrected chi connectivity index (χ2v) is 6.39. The molecule has 1 aromatic rings. The van der Waals surface area contributed by atoms with E-state index in [4.69, 9.17) is 5.73 Å². The Labute approximate surface area is 104 Å². The molecule has 1 rings (SSSR count). The Kier molecular flexibility index (Phi) is 4.77. The van der Waals surface area contributed by atoms with Crippen molar-refractivity contribution in [1.82, 2.24) is 5.32 Å². The monoisotopic (exact) mass is 290 g/mol. The van der Waals surface area contributed by atoms with E-state index in [9.17, 15) is 0 Å². The van der Waals surface area contributed by atoms with Crippen molar-refractivity contribution >= 4 is 27.3 Å². The van der Waals surface area contributed by atoms with E-state index in [2.05, 4.69) is 46.5 Å². The highest BCUT2D eigenvalue weighted by atomic mass is 79.9. The minimum atomic E-state index is -0.0798. The highest BCUT2D eigenvalue weighted by Crippen LogP contribution is 2.29. The molecule has 0 spiro atoms. The second kappa shape index (κ2) is 5.43.